The van der Waals surface area contributed by atoms with Crippen molar-refractivity contribution in [3.05, 3.63) is 0 Å². The molecule has 0 N–H and O–H groups in total. The second kappa shape index (κ2) is 4.62. The van der Waals surface area contributed by atoms with Gasteiger partial charge in [-0.15, -0.1) is 0 Å². The van der Waals surface area contributed by atoms with Crippen LogP contribution in [0, 0.1) is 5.92 Å². The molecule has 0 radical (unpaired) electrons. The standard InChI is InChI=1S/C11H16O6/c1-5-4-14-9-8(5)17-11(16-7(3)13)10(9)15-6(2)12/h5,8-11H,4H2,1-3H3/t5-,8?,9+,10-,11?/m1/s1. The SMILES string of the molecule is CC(=O)OC1OC2[C@H](C)CO[C@@H]2[C@H]1OC(C)=O. The number of ether oxygens (including phenoxy) is 4. The normalized spacial score (nSPS) is 39.8. The van der Waals surface area contributed by atoms with Crippen LogP contribution in [0.1, 0.15) is 20.8 Å². The molecule has 0 aromatic rings. The highest BCUT2D eigenvalue weighted by atomic mass is 16.7. The van der Waals surface area contributed by atoms with Gasteiger partial charge in [-0.3, -0.25) is 9.59 Å². The van der Waals surface area contributed by atoms with Crippen LogP contribution in [0.4, 0.5) is 0 Å². The van der Waals surface area contributed by atoms with Crippen molar-refractivity contribution < 1.29 is 28.5 Å². The Bertz CT molecular complexity index is 328. The summed E-state index contributed by atoms with van der Waals surface area (Å²) in [6.07, 6.45) is -2.08. The van der Waals surface area contributed by atoms with E-state index in [0.717, 1.165) is 0 Å². The van der Waals surface area contributed by atoms with Crippen molar-refractivity contribution in [2.75, 3.05) is 6.61 Å². The molecule has 6 heteroatoms. The Labute approximate surface area is 99.2 Å². The van der Waals surface area contributed by atoms with Gasteiger partial charge in [-0.1, -0.05) is 6.92 Å². The molecular formula is C11H16O6. The summed E-state index contributed by atoms with van der Waals surface area (Å²) < 4.78 is 21.2. The molecule has 0 aromatic heterocycles. The van der Waals surface area contributed by atoms with E-state index < -0.39 is 24.3 Å². The van der Waals surface area contributed by atoms with Gasteiger partial charge in [-0.25, -0.2) is 0 Å². The van der Waals surface area contributed by atoms with Crippen LogP contribution in [0.3, 0.4) is 0 Å². The van der Waals surface area contributed by atoms with Gasteiger partial charge in [0.05, 0.1) is 12.7 Å². The van der Waals surface area contributed by atoms with Gasteiger partial charge < -0.3 is 18.9 Å². The van der Waals surface area contributed by atoms with Gasteiger partial charge in [-0.2, -0.15) is 0 Å². The minimum atomic E-state index is -0.867. The van der Waals surface area contributed by atoms with Crippen LogP contribution in [-0.2, 0) is 28.5 Å². The zero-order valence-corrected chi connectivity index (χ0v) is 10.0. The first-order valence-electron chi connectivity index (χ1n) is 5.60. The van der Waals surface area contributed by atoms with Crippen LogP contribution in [0.25, 0.3) is 0 Å². The summed E-state index contributed by atoms with van der Waals surface area (Å²) in [6, 6.07) is 0. The molecule has 6 nitrogen and oxygen atoms in total. The van der Waals surface area contributed by atoms with Crippen LogP contribution in [0.15, 0.2) is 0 Å². The first-order valence-corrected chi connectivity index (χ1v) is 5.60. The average Bonchev–Trinajstić information content (AvgIpc) is 2.69. The molecule has 0 amide bonds. The molecule has 17 heavy (non-hydrogen) atoms. The summed E-state index contributed by atoms with van der Waals surface area (Å²) in [7, 11) is 0. The Hall–Kier alpha value is -1.14. The quantitative estimate of drug-likeness (QED) is 0.648. The summed E-state index contributed by atoms with van der Waals surface area (Å²) in [6.45, 7) is 5.12. The van der Waals surface area contributed by atoms with Gasteiger partial charge in [0, 0.05) is 19.8 Å². The number of carbonyl (C=O) groups is 2. The van der Waals surface area contributed by atoms with E-state index >= 15 is 0 Å². The molecule has 2 heterocycles. The lowest BCUT2D eigenvalue weighted by atomic mass is 10.0. The molecule has 0 saturated carbocycles. The fourth-order valence-corrected chi connectivity index (χ4v) is 2.23. The van der Waals surface area contributed by atoms with E-state index in [9.17, 15) is 9.59 Å². The van der Waals surface area contributed by atoms with Crippen molar-refractivity contribution in [1.29, 1.82) is 0 Å². The molecule has 0 aliphatic carbocycles. The minimum absolute atomic E-state index is 0.191. The average molecular weight is 244 g/mol. The second-order valence-electron chi connectivity index (χ2n) is 4.43. The lowest BCUT2D eigenvalue weighted by Crippen LogP contribution is -2.38. The zero-order valence-electron chi connectivity index (χ0n) is 10.0. The summed E-state index contributed by atoms with van der Waals surface area (Å²) >= 11 is 0. The van der Waals surface area contributed by atoms with Crippen molar-refractivity contribution in [1.82, 2.24) is 0 Å². The van der Waals surface area contributed by atoms with E-state index in [1.807, 2.05) is 6.92 Å². The summed E-state index contributed by atoms with van der Waals surface area (Å²) in [5.41, 5.74) is 0. The molecule has 96 valence electrons. The van der Waals surface area contributed by atoms with Crippen molar-refractivity contribution in [3.63, 3.8) is 0 Å². The van der Waals surface area contributed by atoms with Crippen LogP contribution >= 0.6 is 0 Å². The van der Waals surface area contributed by atoms with Gasteiger partial charge in [0.2, 0.25) is 6.29 Å². The number of fused-ring (bicyclic) bond motifs is 1. The molecule has 2 fully saturated rings. The highest BCUT2D eigenvalue weighted by Crippen LogP contribution is 2.36. The number of rotatable bonds is 2. The Morgan fingerprint density at radius 3 is 2.35 bits per heavy atom. The van der Waals surface area contributed by atoms with Crippen LogP contribution in [0.2, 0.25) is 0 Å². The van der Waals surface area contributed by atoms with E-state index in [4.69, 9.17) is 18.9 Å². The topological polar surface area (TPSA) is 71.1 Å². The molecule has 2 aliphatic heterocycles. The number of carbonyl (C=O) groups excluding carboxylic acids is 2. The first-order chi connectivity index (χ1) is 7.99. The third-order valence-corrected chi connectivity index (χ3v) is 2.90. The van der Waals surface area contributed by atoms with Gasteiger partial charge in [0.1, 0.15) is 6.10 Å². The zero-order chi connectivity index (χ0) is 12.6. The van der Waals surface area contributed by atoms with Crippen molar-refractivity contribution >= 4 is 11.9 Å². The number of hydrogen-bond donors (Lipinski definition) is 0. The van der Waals surface area contributed by atoms with Gasteiger partial charge in [0.15, 0.2) is 6.10 Å². The third-order valence-electron chi connectivity index (χ3n) is 2.90. The van der Waals surface area contributed by atoms with E-state index in [0.29, 0.717) is 6.61 Å². The molecule has 2 rings (SSSR count). The Morgan fingerprint density at radius 2 is 1.76 bits per heavy atom. The third kappa shape index (κ3) is 2.42. The van der Waals surface area contributed by atoms with E-state index in [-0.39, 0.29) is 18.1 Å². The molecule has 0 bridgehead atoms. The summed E-state index contributed by atoms with van der Waals surface area (Å²) in [5, 5.41) is 0. The summed E-state index contributed by atoms with van der Waals surface area (Å²) in [4.78, 5) is 22.0. The lowest BCUT2D eigenvalue weighted by molar-refractivity contribution is -0.199. The Balaban J connectivity index is 2.10. The van der Waals surface area contributed by atoms with Crippen molar-refractivity contribution in [3.8, 4) is 0 Å². The maximum Gasteiger partial charge on any atom is 0.305 e. The molecule has 5 atom stereocenters. The van der Waals surface area contributed by atoms with Gasteiger partial charge in [0.25, 0.3) is 0 Å². The predicted molar refractivity (Wildman–Crippen MR) is 54.9 cm³/mol. The van der Waals surface area contributed by atoms with E-state index in [1.54, 1.807) is 0 Å². The predicted octanol–water partition coefficient (Wildman–Crippen LogP) is 0.241. The van der Waals surface area contributed by atoms with Crippen LogP contribution < -0.4 is 0 Å². The van der Waals surface area contributed by atoms with Crippen molar-refractivity contribution in [2.24, 2.45) is 5.92 Å². The van der Waals surface area contributed by atoms with Crippen molar-refractivity contribution in [2.45, 2.75) is 45.4 Å². The molecule has 2 unspecified atom stereocenters. The fraction of sp³-hybridized carbons (Fsp3) is 0.818. The molecule has 2 saturated heterocycles. The molecular weight excluding hydrogens is 228 g/mol. The van der Waals surface area contributed by atoms with E-state index in [2.05, 4.69) is 0 Å². The monoisotopic (exact) mass is 244 g/mol. The minimum Gasteiger partial charge on any atom is -0.453 e. The largest absolute Gasteiger partial charge is 0.453 e. The van der Waals surface area contributed by atoms with E-state index in [1.165, 1.54) is 13.8 Å². The maximum absolute atomic E-state index is 11.0. The van der Waals surface area contributed by atoms with Crippen LogP contribution in [0.5, 0.6) is 0 Å². The first kappa shape index (κ1) is 12.3. The highest BCUT2D eigenvalue weighted by molar-refractivity contribution is 5.67. The molecule has 2 aliphatic rings. The number of hydrogen-bond acceptors (Lipinski definition) is 6. The van der Waals surface area contributed by atoms with Gasteiger partial charge in [-0.05, 0) is 0 Å². The fourth-order valence-electron chi connectivity index (χ4n) is 2.23. The Morgan fingerprint density at radius 1 is 1.12 bits per heavy atom. The maximum atomic E-state index is 11.0. The smallest absolute Gasteiger partial charge is 0.305 e. The summed E-state index contributed by atoms with van der Waals surface area (Å²) in [5.74, 6) is -0.724. The lowest BCUT2D eigenvalue weighted by Gasteiger charge is -2.21. The second-order valence-corrected chi connectivity index (χ2v) is 4.43. The highest BCUT2D eigenvalue weighted by Gasteiger charge is 2.54. The molecule has 0 spiro atoms. The van der Waals surface area contributed by atoms with Crippen LogP contribution in [-0.4, -0.2) is 43.1 Å². The number of esters is 2. The van der Waals surface area contributed by atoms with Gasteiger partial charge >= 0.3 is 11.9 Å². The Kier molecular flexibility index (Phi) is 3.35. The molecule has 0 aromatic carbocycles.